The Labute approximate surface area is 148 Å². The molecule has 0 aliphatic rings. The molecule has 0 atom stereocenters. The van der Waals surface area contributed by atoms with Crippen LogP contribution in [0.5, 0.6) is 5.75 Å². The zero-order valence-electron chi connectivity index (χ0n) is 15.1. The first kappa shape index (κ1) is 18.5. The van der Waals surface area contributed by atoms with E-state index in [1.165, 1.54) is 10.5 Å². The van der Waals surface area contributed by atoms with Gasteiger partial charge in [0.05, 0.1) is 0 Å². The number of anilines is 1. The molecule has 0 radical (unpaired) electrons. The highest BCUT2D eigenvalue weighted by molar-refractivity contribution is 5.94. The number of carbonyl (C=O) groups is 2. The molecule has 2 aromatic rings. The van der Waals surface area contributed by atoms with Gasteiger partial charge in [-0.1, -0.05) is 25.1 Å². The average Bonchev–Trinajstić information content (AvgIpc) is 2.61. The first-order valence-corrected chi connectivity index (χ1v) is 8.24. The Hall–Kier alpha value is -2.82. The van der Waals surface area contributed by atoms with Crippen molar-refractivity contribution >= 4 is 17.5 Å². The normalized spacial score (nSPS) is 10.2. The van der Waals surface area contributed by atoms with Crippen molar-refractivity contribution in [2.45, 2.75) is 20.3 Å². The van der Waals surface area contributed by atoms with Crippen LogP contribution in [-0.2, 0) is 11.2 Å². The molecule has 0 bridgehead atoms. The fraction of sp³-hybridized carbons (Fsp3) is 0.300. The second-order valence-electron chi connectivity index (χ2n) is 6.07. The molecule has 5 nitrogen and oxygen atoms in total. The number of aryl methyl sites for hydroxylation is 2. The van der Waals surface area contributed by atoms with Gasteiger partial charge in [-0.3, -0.25) is 9.59 Å². The Morgan fingerprint density at radius 1 is 1.08 bits per heavy atom. The molecule has 0 unspecified atom stereocenters. The van der Waals surface area contributed by atoms with Crippen LogP contribution in [-0.4, -0.2) is 37.4 Å². The fourth-order valence-corrected chi connectivity index (χ4v) is 2.31. The molecule has 0 fully saturated rings. The first-order valence-electron chi connectivity index (χ1n) is 8.24. The van der Waals surface area contributed by atoms with Crippen molar-refractivity contribution in [3.63, 3.8) is 0 Å². The van der Waals surface area contributed by atoms with E-state index in [-0.39, 0.29) is 18.4 Å². The van der Waals surface area contributed by atoms with Crippen molar-refractivity contribution in [2.24, 2.45) is 0 Å². The van der Waals surface area contributed by atoms with Gasteiger partial charge in [0.15, 0.2) is 6.61 Å². The molecule has 0 spiro atoms. The summed E-state index contributed by atoms with van der Waals surface area (Å²) in [5.41, 5.74) is 3.35. The smallest absolute Gasteiger partial charge is 0.262 e. The van der Waals surface area contributed by atoms with E-state index < -0.39 is 0 Å². The highest BCUT2D eigenvalue weighted by Crippen LogP contribution is 2.20. The van der Waals surface area contributed by atoms with Crippen LogP contribution < -0.4 is 10.1 Å². The lowest BCUT2D eigenvalue weighted by atomic mass is 10.1. The number of ether oxygens (including phenoxy) is 1. The largest absolute Gasteiger partial charge is 0.483 e. The van der Waals surface area contributed by atoms with Gasteiger partial charge in [-0.05, 0) is 48.7 Å². The highest BCUT2D eigenvalue weighted by Gasteiger charge is 2.12. The van der Waals surface area contributed by atoms with Crippen molar-refractivity contribution in [2.75, 3.05) is 26.0 Å². The minimum absolute atomic E-state index is 0.106. The number of hydrogen-bond acceptors (Lipinski definition) is 3. The molecule has 2 aromatic carbocycles. The van der Waals surface area contributed by atoms with Crippen molar-refractivity contribution in [3.8, 4) is 5.75 Å². The highest BCUT2D eigenvalue weighted by atomic mass is 16.5. The maximum Gasteiger partial charge on any atom is 0.262 e. The zero-order valence-corrected chi connectivity index (χ0v) is 15.1. The molecule has 0 saturated heterocycles. The monoisotopic (exact) mass is 340 g/mol. The predicted octanol–water partition coefficient (Wildman–Crippen LogP) is 3.28. The predicted molar refractivity (Wildman–Crippen MR) is 99.1 cm³/mol. The van der Waals surface area contributed by atoms with Crippen molar-refractivity contribution < 1.29 is 14.3 Å². The molecule has 0 heterocycles. The molecule has 5 heteroatoms. The molecule has 1 N–H and O–H groups in total. The van der Waals surface area contributed by atoms with Crippen molar-refractivity contribution in [1.82, 2.24) is 4.90 Å². The van der Waals surface area contributed by atoms with Crippen LogP contribution in [0.1, 0.15) is 28.4 Å². The summed E-state index contributed by atoms with van der Waals surface area (Å²) < 4.78 is 5.60. The van der Waals surface area contributed by atoms with Crippen molar-refractivity contribution in [1.29, 1.82) is 0 Å². The SMILES string of the molecule is CCc1ccc(NC(=O)COc2cc(C(=O)N(C)C)ccc2C)cc1. The van der Waals surface area contributed by atoms with E-state index in [9.17, 15) is 9.59 Å². The van der Waals surface area contributed by atoms with Gasteiger partial charge in [0, 0.05) is 25.3 Å². The lowest BCUT2D eigenvalue weighted by Gasteiger charge is -2.14. The lowest BCUT2D eigenvalue weighted by molar-refractivity contribution is -0.118. The van der Waals surface area contributed by atoms with Crippen LogP contribution in [0.3, 0.4) is 0 Å². The number of rotatable bonds is 6. The molecule has 0 aliphatic carbocycles. The third-order valence-electron chi connectivity index (χ3n) is 3.85. The Morgan fingerprint density at radius 2 is 1.76 bits per heavy atom. The Morgan fingerprint density at radius 3 is 2.36 bits per heavy atom. The van der Waals surface area contributed by atoms with E-state index in [1.807, 2.05) is 37.3 Å². The second kappa shape index (κ2) is 8.33. The molecule has 2 amide bonds. The Bertz CT molecular complexity index is 752. The Balaban J connectivity index is 1.98. The van der Waals surface area contributed by atoms with Gasteiger partial charge in [-0.15, -0.1) is 0 Å². The molecular formula is C20H24N2O3. The minimum atomic E-state index is -0.243. The summed E-state index contributed by atoms with van der Waals surface area (Å²) >= 11 is 0. The second-order valence-corrected chi connectivity index (χ2v) is 6.07. The summed E-state index contributed by atoms with van der Waals surface area (Å²) in [4.78, 5) is 25.6. The van der Waals surface area contributed by atoms with Gasteiger partial charge in [-0.2, -0.15) is 0 Å². The number of benzene rings is 2. The van der Waals surface area contributed by atoms with E-state index >= 15 is 0 Å². The first-order chi connectivity index (χ1) is 11.9. The number of carbonyl (C=O) groups excluding carboxylic acids is 2. The van der Waals surface area contributed by atoms with E-state index in [0.29, 0.717) is 11.3 Å². The van der Waals surface area contributed by atoms with Crippen LogP contribution in [0.2, 0.25) is 0 Å². The van der Waals surface area contributed by atoms with Crippen LogP contribution in [0.4, 0.5) is 5.69 Å². The van der Waals surface area contributed by atoms with Crippen LogP contribution in [0.15, 0.2) is 42.5 Å². The third-order valence-corrected chi connectivity index (χ3v) is 3.85. The molecular weight excluding hydrogens is 316 g/mol. The van der Waals surface area contributed by atoms with Crippen molar-refractivity contribution in [3.05, 3.63) is 59.2 Å². The summed E-state index contributed by atoms with van der Waals surface area (Å²) in [5, 5.41) is 2.80. The topological polar surface area (TPSA) is 58.6 Å². The van der Waals surface area contributed by atoms with E-state index in [4.69, 9.17) is 4.74 Å². The molecule has 0 aromatic heterocycles. The quantitative estimate of drug-likeness (QED) is 0.878. The van der Waals surface area contributed by atoms with Gasteiger partial charge < -0.3 is 15.0 Å². The zero-order chi connectivity index (χ0) is 18.4. The molecule has 0 aliphatic heterocycles. The fourth-order valence-electron chi connectivity index (χ4n) is 2.31. The van der Waals surface area contributed by atoms with Gasteiger partial charge in [0.1, 0.15) is 5.75 Å². The average molecular weight is 340 g/mol. The molecule has 0 saturated carbocycles. The maximum absolute atomic E-state index is 12.1. The molecule has 2 rings (SSSR count). The van der Waals surface area contributed by atoms with Gasteiger partial charge in [0.25, 0.3) is 11.8 Å². The van der Waals surface area contributed by atoms with E-state index in [0.717, 1.165) is 17.7 Å². The minimum Gasteiger partial charge on any atom is -0.483 e. The van der Waals surface area contributed by atoms with Crippen LogP contribution >= 0.6 is 0 Å². The summed E-state index contributed by atoms with van der Waals surface area (Å²) in [7, 11) is 3.39. The maximum atomic E-state index is 12.1. The van der Waals surface area contributed by atoms with Crippen LogP contribution in [0.25, 0.3) is 0 Å². The number of hydrogen-bond donors (Lipinski definition) is 1. The summed E-state index contributed by atoms with van der Waals surface area (Å²) in [6, 6.07) is 12.9. The van der Waals surface area contributed by atoms with Crippen LogP contribution in [0, 0.1) is 6.92 Å². The number of amides is 2. The summed E-state index contributed by atoms with van der Waals surface area (Å²) in [5.74, 6) is 0.183. The van der Waals surface area contributed by atoms with Gasteiger partial charge in [-0.25, -0.2) is 0 Å². The summed E-state index contributed by atoms with van der Waals surface area (Å²) in [6.07, 6.45) is 0.957. The molecule has 25 heavy (non-hydrogen) atoms. The number of nitrogens with zero attached hydrogens (tertiary/aromatic N) is 1. The number of nitrogens with one attached hydrogen (secondary N) is 1. The lowest BCUT2D eigenvalue weighted by Crippen LogP contribution is -2.22. The van der Waals surface area contributed by atoms with Gasteiger partial charge >= 0.3 is 0 Å². The summed E-state index contributed by atoms with van der Waals surface area (Å²) in [6.45, 7) is 3.84. The Kier molecular flexibility index (Phi) is 6.17. The van der Waals surface area contributed by atoms with Gasteiger partial charge in [0.2, 0.25) is 0 Å². The van der Waals surface area contributed by atoms with E-state index in [1.54, 1.807) is 26.2 Å². The third kappa shape index (κ3) is 5.08. The van der Waals surface area contributed by atoms with E-state index in [2.05, 4.69) is 12.2 Å². The standard InChI is InChI=1S/C20H24N2O3/c1-5-15-7-10-17(11-8-15)21-19(23)13-25-18-12-16(9-6-14(18)2)20(24)22(3)4/h6-12H,5,13H2,1-4H3,(H,21,23). The molecule has 132 valence electrons.